The second-order valence-corrected chi connectivity index (χ2v) is 12.9. The van der Waals surface area contributed by atoms with Crippen molar-refractivity contribution in [1.29, 1.82) is 0 Å². The van der Waals surface area contributed by atoms with E-state index in [1.54, 1.807) is 21.1 Å². The molecule has 0 radical (unpaired) electrons. The van der Waals surface area contributed by atoms with E-state index < -0.39 is 36.5 Å². The van der Waals surface area contributed by atoms with Gasteiger partial charge in [0.2, 0.25) is 11.8 Å². The molecule has 9 heteroatoms. The molecular weight excluding hydrogens is 558 g/mol. The van der Waals surface area contributed by atoms with E-state index >= 15 is 0 Å². The molecule has 0 saturated heterocycles. The van der Waals surface area contributed by atoms with Gasteiger partial charge < -0.3 is 19.6 Å². The molecule has 3 amide bonds. The van der Waals surface area contributed by atoms with Gasteiger partial charge in [-0.1, -0.05) is 80.6 Å². The molecule has 5 rings (SSSR count). The summed E-state index contributed by atoms with van der Waals surface area (Å²) in [6.45, 7) is 0.414. The smallest absolute Gasteiger partial charge is 0.410 e. The van der Waals surface area contributed by atoms with Gasteiger partial charge in [-0.05, 0) is 53.4 Å². The van der Waals surface area contributed by atoms with Crippen molar-refractivity contribution in [2.75, 3.05) is 34.3 Å². The molecule has 2 unspecified atom stereocenters. The number of hydrogen-bond donors (Lipinski definition) is 1. The summed E-state index contributed by atoms with van der Waals surface area (Å²) in [5.41, 5.74) is 4.48. The Morgan fingerprint density at radius 3 is 1.95 bits per heavy atom. The molecule has 0 aliphatic heterocycles. The third-order valence-electron chi connectivity index (χ3n) is 9.90. The monoisotopic (exact) mass is 603 g/mol. The van der Waals surface area contributed by atoms with Crippen molar-refractivity contribution in [2.45, 2.75) is 75.8 Å². The fourth-order valence-corrected chi connectivity index (χ4v) is 7.25. The summed E-state index contributed by atoms with van der Waals surface area (Å²) in [5, 5.41) is 9.75. The number of likely N-dealkylation sites (N-methyl/N-ethyl adjacent to an activating group) is 2. The first-order chi connectivity index (χ1) is 21.2. The van der Waals surface area contributed by atoms with E-state index in [4.69, 9.17) is 4.74 Å². The summed E-state index contributed by atoms with van der Waals surface area (Å²) in [6, 6.07) is 14.3. The number of nitrogens with zero attached hydrogens (tertiary/aromatic N) is 3. The summed E-state index contributed by atoms with van der Waals surface area (Å²) in [5.74, 6) is -1.70. The van der Waals surface area contributed by atoms with Crippen LogP contribution in [0.15, 0.2) is 48.5 Å². The van der Waals surface area contributed by atoms with Crippen molar-refractivity contribution in [1.82, 2.24) is 14.7 Å². The largest absolute Gasteiger partial charge is 0.481 e. The maximum atomic E-state index is 14.5. The number of benzene rings is 2. The van der Waals surface area contributed by atoms with Crippen LogP contribution in [-0.4, -0.2) is 90.1 Å². The Bertz CT molecular complexity index is 1320. The number of carboxylic acid groups (broad SMARTS) is 1. The van der Waals surface area contributed by atoms with Gasteiger partial charge in [0.1, 0.15) is 18.7 Å². The normalized spacial score (nSPS) is 17.6. The van der Waals surface area contributed by atoms with Gasteiger partial charge in [0.05, 0.1) is 6.42 Å². The average molecular weight is 604 g/mol. The second-order valence-electron chi connectivity index (χ2n) is 12.9. The molecule has 44 heavy (non-hydrogen) atoms. The van der Waals surface area contributed by atoms with Crippen LogP contribution < -0.4 is 0 Å². The van der Waals surface area contributed by atoms with Gasteiger partial charge >= 0.3 is 12.1 Å². The van der Waals surface area contributed by atoms with Crippen LogP contribution in [-0.2, 0) is 19.1 Å². The Labute approximate surface area is 260 Å². The number of carboxylic acids is 1. The lowest BCUT2D eigenvalue weighted by Crippen LogP contribution is -2.58. The van der Waals surface area contributed by atoms with Crippen molar-refractivity contribution in [2.24, 2.45) is 11.8 Å². The van der Waals surface area contributed by atoms with Gasteiger partial charge in [-0.15, -0.1) is 0 Å². The molecule has 2 aromatic rings. The zero-order valence-electron chi connectivity index (χ0n) is 26.1. The highest BCUT2D eigenvalue weighted by molar-refractivity contribution is 5.93. The number of ether oxygens (including phenoxy) is 1. The predicted molar refractivity (Wildman–Crippen MR) is 167 cm³/mol. The first kappa shape index (κ1) is 31.5. The first-order valence-corrected chi connectivity index (χ1v) is 16.0. The van der Waals surface area contributed by atoms with E-state index in [-0.39, 0.29) is 30.9 Å². The van der Waals surface area contributed by atoms with Gasteiger partial charge in [0, 0.05) is 33.6 Å². The van der Waals surface area contributed by atoms with Gasteiger partial charge in [-0.25, -0.2) is 4.79 Å². The van der Waals surface area contributed by atoms with Crippen LogP contribution in [0.2, 0.25) is 0 Å². The Morgan fingerprint density at radius 2 is 1.43 bits per heavy atom. The van der Waals surface area contributed by atoms with Crippen LogP contribution in [0.4, 0.5) is 4.79 Å². The number of hydrogen-bond acceptors (Lipinski definition) is 5. The van der Waals surface area contributed by atoms with Crippen LogP contribution in [0.3, 0.4) is 0 Å². The minimum Gasteiger partial charge on any atom is -0.481 e. The number of carbonyl (C=O) groups excluding carboxylic acids is 3. The van der Waals surface area contributed by atoms with Gasteiger partial charge in [-0.3, -0.25) is 19.3 Å². The summed E-state index contributed by atoms with van der Waals surface area (Å²) < 4.78 is 5.95. The highest BCUT2D eigenvalue weighted by atomic mass is 16.6. The number of amides is 3. The molecule has 2 aromatic carbocycles. The maximum Gasteiger partial charge on any atom is 0.410 e. The molecule has 0 aromatic heterocycles. The van der Waals surface area contributed by atoms with E-state index in [0.29, 0.717) is 12.3 Å². The fourth-order valence-electron chi connectivity index (χ4n) is 7.25. The summed E-state index contributed by atoms with van der Waals surface area (Å²) in [4.78, 5) is 57.7. The molecule has 2 fully saturated rings. The predicted octanol–water partition coefficient (Wildman–Crippen LogP) is 5.38. The van der Waals surface area contributed by atoms with Crippen molar-refractivity contribution < 1.29 is 29.0 Å². The number of aliphatic carboxylic acids is 1. The minimum atomic E-state index is -1.14. The van der Waals surface area contributed by atoms with Gasteiger partial charge in [0.25, 0.3) is 0 Å². The quantitative estimate of drug-likeness (QED) is 0.349. The fraction of sp³-hybridized carbons (Fsp3) is 0.543. The molecule has 9 nitrogen and oxygen atoms in total. The third kappa shape index (κ3) is 6.61. The Balaban J connectivity index is 1.38. The molecular formula is C35H45N3O6. The SMILES string of the molecule is CN(C)C(=O)C(CC(=O)O)N(CCC1CCC1)C(=O)C(C1CCCC1)N(C)C(=O)OCC1c2ccccc2-c2ccccc21. The van der Waals surface area contributed by atoms with Gasteiger partial charge in [0.15, 0.2) is 0 Å². The second kappa shape index (κ2) is 13.8. The summed E-state index contributed by atoms with van der Waals surface area (Å²) >= 11 is 0. The molecule has 0 bridgehead atoms. The molecule has 236 valence electrons. The number of carbonyl (C=O) groups is 4. The lowest BCUT2D eigenvalue weighted by molar-refractivity contribution is -0.152. The molecule has 0 spiro atoms. The Hall–Kier alpha value is -3.88. The molecule has 2 atom stereocenters. The van der Waals surface area contributed by atoms with Crippen LogP contribution in [0.1, 0.15) is 74.8 Å². The Kier molecular flexibility index (Phi) is 9.91. The zero-order valence-corrected chi connectivity index (χ0v) is 26.1. The van der Waals surface area contributed by atoms with Crippen molar-refractivity contribution in [3.05, 3.63) is 59.7 Å². The minimum absolute atomic E-state index is 0.0980. The molecule has 3 aliphatic rings. The Morgan fingerprint density at radius 1 is 0.841 bits per heavy atom. The zero-order chi connectivity index (χ0) is 31.4. The van der Waals surface area contributed by atoms with Crippen LogP contribution >= 0.6 is 0 Å². The first-order valence-electron chi connectivity index (χ1n) is 16.0. The van der Waals surface area contributed by atoms with Crippen LogP contribution in [0, 0.1) is 11.8 Å². The van der Waals surface area contributed by atoms with E-state index in [9.17, 15) is 24.3 Å². The molecule has 3 aliphatic carbocycles. The highest BCUT2D eigenvalue weighted by Gasteiger charge is 2.43. The van der Waals surface area contributed by atoms with E-state index in [0.717, 1.165) is 67.2 Å². The van der Waals surface area contributed by atoms with Crippen molar-refractivity contribution in [3.63, 3.8) is 0 Å². The number of fused-ring (bicyclic) bond motifs is 3. The van der Waals surface area contributed by atoms with Crippen molar-refractivity contribution in [3.8, 4) is 11.1 Å². The van der Waals surface area contributed by atoms with E-state index in [2.05, 4.69) is 24.3 Å². The standard InChI is InChI=1S/C35H45N3O6/c1-36(2)33(41)30(21-31(39)40)38(20-19-23-11-10-12-23)34(42)32(24-13-4-5-14-24)37(3)35(43)44-22-29-27-17-8-6-15-25(27)26-16-7-9-18-28(26)29/h6-9,15-18,23-24,29-30,32H,4-5,10-14,19-22H2,1-3H3,(H,39,40). The molecule has 0 heterocycles. The van der Waals surface area contributed by atoms with E-state index in [1.165, 1.54) is 14.7 Å². The summed E-state index contributed by atoms with van der Waals surface area (Å²) in [6.07, 6.45) is 6.35. The molecule has 2 saturated carbocycles. The average Bonchev–Trinajstić information content (AvgIpc) is 3.62. The van der Waals surface area contributed by atoms with E-state index in [1.807, 2.05) is 24.3 Å². The maximum absolute atomic E-state index is 14.5. The van der Waals surface area contributed by atoms with Crippen LogP contribution in [0.25, 0.3) is 11.1 Å². The summed E-state index contributed by atoms with van der Waals surface area (Å²) in [7, 11) is 4.75. The van der Waals surface area contributed by atoms with Gasteiger partial charge in [-0.2, -0.15) is 0 Å². The number of rotatable bonds is 12. The molecule has 1 N–H and O–H groups in total. The lowest BCUT2D eigenvalue weighted by atomic mass is 9.82. The van der Waals surface area contributed by atoms with Crippen molar-refractivity contribution >= 4 is 23.9 Å². The van der Waals surface area contributed by atoms with Crippen LogP contribution in [0.5, 0.6) is 0 Å². The highest BCUT2D eigenvalue weighted by Crippen LogP contribution is 2.44. The topological polar surface area (TPSA) is 107 Å². The lowest BCUT2D eigenvalue weighted by Gasteiger charge is -2.40. The third-order valence-corrected chi connectivity index (χ3v) is 9.90.